The minimum absolute atomic E-state index is 0.0741. The van der Waals surface area contributed by atoms with Crippen molar-refractivity contribution >= 4 is 11.6 Å². The lowest BCUT2D eigenvalue weighted by Crippen LogP contribution is -2.30. The Morgan fingerprint density at radius 2 is 2.07 bits per heavy atom. The fourth-order valence-electron chi connectivity index (χ4n) is 1.05. The highest BCUT2D eigenvalue weighted by atomic mass is 35.5. The average Bonchev–Trinajstić information content (AvgIpc) is 2.12. The third-order valence-electron chi connectivity index (χ3n) is 1.78. The van der Waals surface area contributed by atoms with Crippen LogP contribution < -0.4 is 5.32 Å². The van der Waals surface area contributed by atoms with Gasteiger partial charge in [0.15, 0.2) is 0 Å². The molecule has 0 heterocycles. The standard InChI is InChI=1S/C9H17ClF3NO/c1-8(3-2-4-10)14-5-6-15-7-9(11,12)13/h8,14H,2-7H2,1H3. The van der Waals surface area contributed by atoms with Gasteiger partial charge >= 0.3 is 6.18 Å². The second-order valence-corrected chi connectivity index (χ2v) is 3.73. The van der Waals surface area contributed by atoms with Crippen molar-refractivity contribution in [2.24, 2.45) is 0 Å². The van der Waals surface area contributed by atoms with Gasteiger partial charge in [-0.3, -0.25) is 0 Å². The normalized spacial score (nSPS) is 14.2. The highest BCUT2D eigenvalue weighted by Crippen LogP contribution is 2.13. The Balaban J connectivity index is 3.23. The van der Waals surface area contributed by atoms with Gasteiger partial charge in [-0.25, -0.2) is 0 Å². The van der Waals surface area contributed by atoms with Crippen LogP contribution in [0.25, 0.3) is 0 Å². The van der Waals surface area contributed by atoms with Crippen molar-refractivity contribution in [3.8, 4) is 0 Å². The molecule has 0 bridgehead atoms. The molecule has 0 radical (unpaired) electrons. The minimum atomic E-state index is -4.23. The monoisotopic (exact) mass is 247 g/mol. The van der Waals surface area contributed by atoms with Crippen molar-refractivity contribution in [2.45, 2.75) is 32.0 Å². The van der Waals surface area contributed by atoms with E-state index in [1.807, 2.05) is 6.92 Å². The largest absolute Gasteiger partial charge is 0.411 e. The van der Waals surface area contributed by atoms with Crippen molar-refractivity contribution in [3.63, 3.8) is 0 Å². The molecule has 2 nitrogen and oxygen atoms in total. The molecule has 0 aliphatic heterocycles. The van der Waals surface area contributed by atoms with E-state index in [0.29, 0.717) is 12.4 Å². The summed E-state index contributed by atoms with van der Waals surface area (Å²) in [6.45, 7) is 1.30. The van der Waals surface area contributed by atoms with Crippen LogP contribution in [0.4, 0.5) is 13.2 Å². The highest BCUT2D eigenvalue weighted by molar-refractivity contribution is 6.17. The molecule has 15 heavy (non-hydrogen) atoms. The van der Waals surface area contributed by atoms with Crippen molar-refractivity contribution < 1.29 is 17.9 Å². The topological polar surface area (TPSA) is 21.3 Å². The van der Waals surface area contributed by atoms with Gasteiger partial charge in [-0.05, 0) is 19.8 Å². The predicted octanol–water partition coefficient (Wildman–Crippen LogP) is 2.56. The smallest absolute Gasteiger partial charge is 0.371 e. The molecular formula is C9H17ClF3NO. The summed E-state index contributed by atoms with van der Waals surface area (Å²) < 4.78 is 39.4. The first kappa shape index (κ1) is 15.0. The highest BCUT2D eigenvalue weighted by Gasteiger charge is 2.27. The zero-order valence-electron chi connectivity index (χ0n) is 8.74. The maximum Gasteiger partial charge on any atom is 0.411 e. The van der Waals surface area contributed by atoms with Crippen molar-refractivity contribution in [2.75, 3.05) is 25.6 Å². The molecule has 6 heteroatoms. The molecule has 0 fully saturated rings. The molecule has 0 spiro atoms. The van der Waals surface area contributed by atoms with Crippen LogP contribution in [-0.4, -0.2) is 37.9 Å². The summed E-state index contributed by atoms with van der Waals surface area (Å²) in [4.78, 5) is 0. The van der Waals surface area contributed by atoms with Crippen LogP contribution in [0.2, 0.25) is 0 Å². The number of ether oxygens (including phenoxy) is 1. The summed E-state index contributed by atoms with van der Waals surface area (Å²) in [5.74, 6) is 0.608. The molecule has 1 N–H and O–H groups in total. The van der Waals surface area contributed by atoms with E-state index < -0.39 is 12.8 Å². The predicted molar refractivity (Wildman–Crippen MR) is 54.3 cm³/mol. The lowest BCUT2D eigenvalue weighted by Gasteiger charge is -2.13. The van der Waals surface area contributed by atoms with Crippen LogP contribution in [0.15, 0.2) is 0 Å². The zero-order chi connectivity index (χ0) is 11.7. The van der Waals surface area contributed by atoms with Crippen LogP contribution in [0.1, 0.15) is 19.8 Å². The molecule has 0 aromatic rings. The summed E-state index contributed by atoms with van der Waals surface area (Å²) in [5.41, 5.74) is 0. The van der Waals surface area contributed by atoms with Crippen molar-refractivity contribution in [3.05, 3.63) is 0 Å². The molecule has 0 aromatic carbocycles. The molecule has 1 unspecified atom stereocenters. The number of halogens is 4. The van der Waals surface area contributed by atoms with Crippen LogP contribution in [-0.2, 0) is 4.74 Å². The summed E-state index contributed by atoms with van der Waals surface area (Å²) in [6.07, 6.45) is -2.41. The molecule has 1 atom stereocenters. The summed E-state index contributed by atoms with van der Waals surface area (Å²) >= 11 is 5.50. The van der Waals surface area contributed by atoms with E-state index in [1.54, 1.807) is 0 Å². The molecule has 0 aromatic heterocycles. The molecule has 0 aliphatic carbocycles. The van der Waals surface area contributed by atoms with Crippen LogP contribution >= 0.6 is 11.6 Å². The fourth-order valence-corrected chi connectivity index (χ4v) is 1.21. The van der Waals surface area contributed by atoms with Gasteiger partial charge in [0.2, 0.25) is 0 Å². The van der Waals surface area contributed by atoms with E-state index in [4.69, 9.17) is 11.6 Å². The molecular weight excluding hydrogens is 231 g/mol. The Morgan fingerprint density at radius 1 is 1.40 bits per heavy atom. The summed E-state index contributed by atoms with van der Waals surface area (Å²) in [6, 6.07) is 0.262. The average molecular weight is 248 g/mol. The van der Waals surface area contributed by atoms with Gasteiger partial charge in [-0.1, -0.05) is 0 Å². The molecule has 0 amide bonds. The number of alkyl halides is 4. The van der Waals surface area contributed by atoms with E-state index in [-0.39, 0.29) is 12.6 Å². The Bertz CT molecular complexity index is 155. The Labute approximate surface area is 93.1 Å². The molecule has 0 rings (SSSR count). The van der Waals surface area contributed by atoms with E-state index in [1.165, 1.54) is 0 Å². The first-order valence-corrected chi connectivity index (χ1v) is 5.43. The Hall–Kier alpha value is -0.0000000000000000555. The van der Waals surface area contributed by atoms with Crippen molar-refractivity contribution in [1.82, 2.24) is 5.32 Å². The summed E-state index contributed by atoms with van der Waals surface area (Å²) in [5, 5.41) is 3.05. The van der Waals surface area contributed by atoms with E-state index in [9.17, 15) is 13.2 Å². The lowest BCUT2D eigenvalue weighted by atomic mass is 10.2. The Kier molecular flexibility index (Phi) is 8.19. The zero-order valence-corrected chi connectivity index (χ0v) is 9.50. The third kappa shape index (κ3) is 11.9. The van der Waals surface area contributed by atoms with Crippen LogP contribution in [0, 0.1) is 0 Å². The maximum absolute atomic E-state index is 11.6. The van der Waals surface area contributed by atoms with E-state index in [2.05, 4.69) is 10.1 Å². The van der Waals surface area contributed by atoms with E-state index in [0.717, 1.165) is 12.8 Å². The molecule has 0 saturated carbocycles. The number of nitrogens with one attached hydrogen (secondary N) is 1. The Morgan fingerprint density at radius 3 is 2.60 bits per heavy atom. The van der Waals surface area contributed by atoms with Gasteiger partial charge in [0.25, 0.3) is 0 Å². The third-order valence-corrected chi connectivity index (χ3v) is 2.04. The van der Waals surface area contributed by atoms with Gasteiger partial charge < -0.3 is 10.1 Å². The van der Waals surface area contributed by atoms with Gasteiger partial charge in [0.1, 0.15) is 6.61 Å². The molecule has 0 aliphatic rings. The van der Waals surface area contributed by atoms with Gasteiger partial charge in [0.05, 0.1) is 6.61 Å². The second kappa shape index (κ2) is 8.19. The number of hydrogen-bond donors (Lipinski definition) is 1. The van der Waals surface area contributed by atoms with Gasteiger partial charge in [0, 0.05) is 18.5 Å². The van der Waals surface area contributed by atoms with Crippen molar-refractivity contribution in [1.29, 1.82) is 0 Å². The van der Waals surface area contributed by atoms with Gasteiger partial charge in [-0.2, -0.15) is 13.2 Å². The number of hydrogen-bond acceptors (Lipinski definition) is 2. The minimum Gasteiger partial charge on any atom is -0.371 e. The molecule has 0 saturated heterocycles. The number of rotatable bonds is 8. The fraction of sp³-hybridized carbons (Fsp3) is 1.00. The van der Waals surface area contributed by atoms with E-state index >= 15 is 0 Å². The van der Waals surface area contributed by atoms with Crippen LogP contribution in [0.5, 0.6) is 0 Å². The first-order valence-electron chi connectivity index (χ1n) is 4.89. The van der Waals surface area contributed by atoms with Gasteiger partial charge in [-0.15, -0.1) is 11.6 Å². The molecule has 92 valence electrons. The quantitative estimate of drug-likeness (QED) is 0.526. The second-order valence-electron chi connectivity index (χ2n) is 3.35. The SMILES string of the molecule is CC(CCCCl)NCCOCC(F)(F)F. The maximum atomic E-state index is 11.6. The first-order chi connectivity index (χ1) is 6.95. The lowest BCUT2D eigenvalue weighted by molar-refractivity contribution is -0.173. The van der Waals surface area contributed by atoms with Crippen LogP contribution in [0.3, 0.4) is 0 Å². The summed E-state index contributed by atoms with van der Waals surface area (Å²) in [7, 11) is 0.